The highest BCUT2D eigenvalue weighted by Crippen LogP contribution is 2.22. The molecule has 0 aromatic carbocycles. The minimum Gasteiger partial charge on any atom is -0.343 e. The summed E-state index contributed by atoms with van der Waals surface area (Å²) in [6.45, 7) is 8.29. The Bertz CT molecular complexity index is 469. The van der Waals surface area contributed by atoms with E-state index in [1.807, 2.05) is 13.8 Å². The van der Waals surface area contributed by atoms with Crippen LogP contribution in [0.4, 0.5) is 0 Å². The molecule has 74 valence electrons. The van der Waals surface area contributed by atoms with E-state index in [9.17, 15) is 0 Å². The fourth-order valence-electron chi connectivity index (χ4n) is 1.72. The number of fused-ring (bicyclic) bond motifs is 1. The molecular weight excluding hydrogens is 174 g/mol. The third kappa shape index (κ3) is 1.39. The zero-order valence-corrected chi connectivity index (χ0v) is 9.05. The lowest BCUT2D eigenvalue weighted by molar-refractivity contribution is 0.817. The fourth-order valence-corrected chi connectivity index (χ4v) is 1.72. The van der Waals surface area contributed by atoms with Gasteiger partial charge in [-0.25, -0.2) is 9.97 Å². The minimum absolute atomic E-state index is 0.439. The van der Waals surface area contributed by atoms with E-state index in [1.54, 1.807) is 0 Å². The van der Waals surface area contributed by atoms with Crippen molar-refractivity contribution >= 4 is 11.0 Å². The molecule has 1 N–H and O–H groups in total. The van der Waals surface area contributed by atoms with Crippen molar-refractivity contribution in [2.75, 3.05) is 0 Å². The van der Waals surface area contributed by atoms with E-state index in [1.165, 1.54) is 0 Å². The molecule has 3 heteroatoms. The third-order valence-corrected chi connectivity index (χ3v) is 2.31. The van der Waals surface area contributed by atoms with Gasteiger partial charge in [0.25, 0.3) is 0 Å². The maximum absolute atomic E-state index is 4.48. The molecule has 2 aromatic rings. The molecule has 2 heterocycles. The normalized spacial score (nSPS) is 11.5. The second kappa shape index (κ2) is 3.08. The Kier molecular flexibility index (Phi) is 2.02. The van der Waals surface area contributed by atoms with Gasteiger partial charge < -0.3 is 4.98 Å². The first-order valence-corrected chi connectivity index (χ1v) is 4.92. The van der Waals surface area contributed by atoms with Crippen LogP contribution >= 0.6 is 0 Å². The van der Waals surface area contributed by atoms with Gasteiger partial charge in [-0.05, 0) is 25.8 Å². The van der Waals surface area contributed by atoms with Crippen LogP contribution in [0.25, 0.3) is 11.0 Å². The van der Waals surface area contributed by atoms with Gasteiger partial charge in [0.1, 0.15) is 11.5 Å². The minimum atomic E-state index is 0.439. The highest BCUT2D eigenvalue weighted by molar-refractivity contribution is 5.79. The molecule has 0 unspecified atom stereocenters. The summed E-state index contributed by atoms with van der Waals surface area (Å²) < 4.78 is 0. The first-order valence-electron chi connectivity index (χ1n) is 4.92. The van der Waals surface area contributed by atoms with Gasteiger partial charge in [-0.3, -0.25) is 0 Å². The van der Waals surface area contributed by atoms with Crippen LogP contribution < -0.4 is 0 Å². The SMILES string of the molecule is Cc1nc(C(C)C)c2cc(C)[nH]c2n1. The van der Waals surface area contributed by atoms with E-state index < -0.39 is 0 Å². The Balaban J connectivity index is 2.79. The highest BCUT2D eigenvalue weighted by Gasteiger charge is 2.10. The lowest BCUT2D eigenvalue weighted by Crippen LogP contribution is -1.98. The summed E-state index contributed by atoms with van der Waals surface area (Å²) >= 11 is 0. The molecule has 0 saturated carbocycles. The number of aryl methyl sites for hydroxylation is 2. The summed E-state index contributed by atoms with van der Waals surface area (Å²) in [6, 6.07) is 2.12. The van der Waals surface area contributed by atoms with Crippen LogP contribution in [0.3, 0.4) is 0 Å². The standard InChI is InChI=1S/C11H15N3/c1-6(2)10-9-5-7(3)12-11(9)14-8(4)13-10/h5-6H,1-4H3,(H,12,13,14). The van der Waals surface area contributed by atoms with Crippen LogP contribution in [0.15, 0.2) is 6.07 Å². The molecule has 0 radical (unpaired) electrons. The lowest BCUT2D eigenvalue weighted by Gasteiger charge is -2.06. The molecule has 0 saturated heterocycles. The average molecular weight is 189 g/mol. The number of hydrogen-bond donors (Lipinski definition) is 1. The van der Waals surface area contributed by atoms with Gasteiger partial charge in [0.2, 0.25) is 0 Å². The molecular formula is C11H15N3. The summed E-state index contributed by atoms with van der Waals surface area (Å²) in [5, 5.41) is 1.16. The molecule has 0 atom stereocenters. The van der Waals surface area contributed by atoms with Crippen molar-refractivity contribution < 1.29 is 0 Å². The van der Waals surface area contributed by atoms with Gasteiger partial charge in [-0.15, -0.1) is 0 Å². The maximum Gasteiger partial charge on any atom is 0.141 e. The Hall–Kier alpha value is -1.38. The molecule has 2 aromatic heterocycles. The van der Waals surface area contributed by atoms with E-state index in [-0.39, 0.29) is 0 Å². The molecule has 14 heavy (non-hydrogen) atoms. The second-order valence-electron chi connectivity index (χ2n) is 4.03. The predicted octanol–water partition coefficient (Wildman–Crippen LogP) is 2.70. The molecule has 3 nitrogen and oxygen atoms in total. The number of aromatic amines is 1. The first kappa shape index (κ1) is 9.19. The predicted molar refractivity (Wildman–Crippen MR) is 57.5 cm³/mol. The van der Waals surface area contributed by atoms with Gasteiger partial charge in [0.15, 0.2) is 0 Å². The number of H-pyrrole nitrogens is 1. The Morgan fingerprint density at radius 1 is 1.21 bits per heavy atom. The lowest BCUT2D eigenvalue weighted by atomic mass is 10.1. The van der Waals surface area contributed by atoms with Gasteiger partial charge in [-0.2, -0.15) is 0 Å². The van der Waals surface area contributed by atoms with Crippen LogP contribution in [0.5, 0.6) is 0 Å². The highest BCUT2D eigenvalue weighted by atomic mass is 15.0. The van der Waals surface area contributed by atoms with Gasteiger partial charge in [0.05, 0.1) is 5.69 Å². The first-order chi connectivity index (χ1) is 6.58. The number of rotatable bonds is 1. The van der Waals surface area contributed by atoms with Crippen LogP contribution in [0, 0.1) is 13.8 Å². The van der Waals surface area contributed by atoms with Crippen molar-refractivity contribution in [3.63, 3.8) is 0 Å². The Morgan fingerprint density at radius 2 is 1.93 bits per heavy atom. The smallest absolute Gasteiger partial charge is 0.141 e. The Labute approximate surface area is 83.6 Å². The average Bonchev–Trinajstić information content (AvgIpc) is 2.42. The van der Waals surface area contributed by atoms with Crippen molar-refractivity contribution in [1.29, 1.82) is 0 Å². The van der Waals surface area contributed by atoms with Crippen LogP contribution in [0.1, 0.15) is 37.0 Å². The van der Waals surface area contributed by atoms with E-state index in [2.05, 4.69) is 34.9 Å². The molecule has 0 aliphatic heterocycles. The molecule has 0 aliphatic rings. The van der Waals surface area contributed by atoms with Crippen molar-refractivity contribution in [2.24, 2.45) is 0 Å². The van der Waals surface area contributed by atoms with Crippen LogP contribution in [-0.4, -0.2) is 15.0 Å². The van der Waals surface area contributed by atoms with E-state index >= 15 is 0 Å². The van der Waals surface area contributed by atoms with Crippen molar-refractivity contribution in [2.45, 2.75) is 33.6 Å². The maximum atomic E-state index is 4.48. The van der Waals surface area contributed by atoms with Crippen molar-refractivity contribution in [3.05, 3.63) is 23.3 Å². The van der Waals surface area contributed by atoms with Gasteiger partial charge >= 0.3 is 0 Å². The van der Waals surface area contributed by atoms with Crippen LogP contribution in [0.2, 0.25) is 0 Å². The topological polar surface area (TPSA) is 41.6 Å². The molecule has 0 fully saturated rings. The van der Waals surface area contributed by atoms with Crippen molar-refractivity contribution in [3.8, 4) is 0 Å². The zero-order valence-electron chi connectivity index (χ0n) is 9.05. The number of hydrogen-bond acceptors (Lipinski definition) is 2. The summed E-state index contributed by atoms with van der Waals surface area (Å²) in [5.74, 6) is 1.28. The number of aromatic nitrogens is 3. The third-order valence-electron chi connectivity index (χ3n) is 2.31. The number of nitrogens with one attached hydrogen (secondary N) is 1. The van der Waals surface area contributed by atoms with E-state index in [4.69, 9.17) is 0 Å². The fraction of sp³-hybridized carbons (Fsp3) is 0.455. The largest absolute Gasteiger partial charge is 0.343 e. The molecule has 0 bridgehead atoms. The van der Waals surface area contributed by atoms with E-state index in [0.29, 0.717) is 5.92 Å². The summed E-state index contributed by atoms with van der Waals surface area (Å²) in [7, 11) is 0. The second-order valence-corrected chi connectivity index (χ2v) is 4.03. The summed E-state index contributed by atoms with van der Waals surface area (Å²) in [4.78, 5) is 12.1. The van der Waals surface area contributed by atoms with Gasteiger partial charge in [0, 0.05) is 11.1 Å². The monoisotopic (exact) mass is 189 g/mol. The summed E-state index contributed by atoms with van der Waals surface area (Å²) in [6.07, 6.45) is 0. The molecule has 0 spiro atoms. The van der Waals surface area contributed by atoms with Crippen molar-refractivity contribution in [1.82, 2.24) is 15.0 Å². The Morgan fingerprint density at radius 3 is 2.57 bits per heavy atom. The number of nitrogens with zero attached hydrogens (tertiary/aromatic N) is 2. The van der Waals surface area contributed by atoms with Crippen LogP contribution in [-0.2, 0) is 0 Å². The quantitative estimate of drug-likeness (QED) is 0.749. The van der Waals surface area contributed by atoms with Gasteiger partial charge in [-0.1, -0.05) is 13.8 Å². The summed E-state index contributed by atoms with van der Waals surface area (Å²) in [5.41, 5.74) is 3.23. The molecule has 2 rings (SSSR count). The zero-order chi connectivity index (χ0) is 10.3. The molecule has 0 amide bonds. The van der Waals surface area contributed by atoms with E-state index in [0.717, 1.165) is 28.2 Å². The molecule has 0 aliphatic carbocycles.